The minimum absolute atomic E-state index is 0.242. The van der Waals surface area contributed by atoms with Crippen molar-refractivity contribution in [1.82, 2.24) is 19.6 Å². The van der Waals surface area contributed by atoms with Crippen LogP contribution in [0.1, 0.15) is 53.5 Å². The van der Waals surface area contributed by atoms with Gasteiger partial charge < -0.3 is 10.1 Å². The number of benzene rings is 1. The molecule has 1 amide bonds. The molecular weight excluding hydrogens is 354 g/mol. The van der Waals surface area contributed by atoms with Gasteiger partial charge in [0, 0.05) is 12.3 Å². The quantitative estimate of drug-likeness (QED) is 0.700. The number of nitrogens with one attached hydrogen (secondary N) is 1. The maximum atomic E-state index is 12.7. The van der Waals surface area contributed by atoms with Gasteiger partial charge in [0.1, 0.15) is 11.6 Å². The monoisotopic (exact) mass is 379 g/mol. The molecule has 7 heteroatoms. The predicted molar refractivity (Wildman–Crippen MR) is 106 cm³/mol. The molecule has 0 spiro atoms. The summed E-state index contributed by atoms with van der Waals surface area (Å²) in [6, 6.07) is 11.8. The molecule has 0 saturated heterocycles. The Hall–Kier alpha value is -3.09. The Morgan fingerprint density at radius 3 is 2.75 bits per heavy atom. The zero-order chi connectivity index (χ0) is 19.5. The topological polar surface area (TPSA) is 74.0 Å². The van der Waals surface area contributed by atoms with Crippen LogP contribution in [-0.4, -0.2) is 25.5 Å². The molecule has 1 saturated carbocycles. The van der Waals surface area contributed by atoms with Crippen LogP contribution in [0.2, 0.25) is 0 Å². The second-order valence-corrected chi connectivity index (χ2v) is 7.29. The average Bonchev–Trinajstić information content (AvgIpc) is 3.42. The molecule has 7 nitrogen and oxygen atoms in total. The molecular formula is C21H25N5O2. The van der Waals surface area contributed by atoms with Crippen molar-refractivity contribution in [3.05, 3.63) is 59.5 Å². The van der Waals surface area contributed by atoms with Crippen LogP contribution in [0.15, 0.2) is 42.6 Å². The smallest absolute Gasteiger partial charge is 0.277 e. The lowest BCUT2D eigenvalue weighted by Gasteiger charge is -2.14. The van der Waals surface area contributed by atoms with Crippen molar-refractivity contribution in [2.45, 2.75) is 52.3 Å². The molecule has 0 aliphatic heterocycles. The van der Waals surface area contributed by atoms with E-state index in [0.29, 0.717) is 11.7 Å². The van der Waals surface area contributed by atoms with E-state index < -0.39 is 0 Å². The van der Waals surface area contributed by atoms with Gasteiger partial charge in [-0.1, -0.05) is 31.0 Å². The van der Waals surface area contributed by atoms with Crippen molar-refractivity contribution in [3.63, 3.8) is 0 Å². The average molecular weight is 379 g/mol. The first kappa shape index (κ1) is 18.3. The van der Waals surface area contributed by atoms with Crippen molar-refractivity contribution < 1.29 is 9.53 Å². The van der Waals surface area contributed by atoms with Crippen LogP contribution in [0.4, 0.5) is 5.82 Å². The first-order chi connectivity index (χ1) is 13.6. The maximum absolute atomic E-state index is 12.7. The molecule has 1 aliphatic carbocycles. The first-order valence-electron chi connectivity index (χ1n) is 9.69. The highest BCUT2D eigenvalue weighted by Gasteiger charge is 2.22. The van der Waals surface area contributed by atoms with E-state index in [-0.39, 0.29) is 12.6 Å². The van der Waals surface area contributed by atoms with Crippen LogP contribution in [0.5, 0.6) is 5.75 Å². The molecule has 28 heavy (non-hydrogen) atoms. The van der Waals surface area contributed by atoms with Crippen molar-refractivity contribution in [2.75, 3.05) is 5.32 Å². The van der Waals surface area contributed by atoms with Gasteiger partial charge in [0.05, 0.1) is 11.7 Å². The molecule has 0 bridgehead atoms. The lowest BCUT2D eigenvalue weighted by Crippen LogP contribution is -2.18. The predicted octanol–water partition coefficient (Wildman–Crippen LogP) is 4.10. The Bertz CT molecular complexity index is 969. The number of anilines is 1. The van der Waals surface area contributed by atoms with Gasteiger partial charge in [0.15, 0.2) is 12.4 Å². The van der Waals surface area contributed by atoms with Crippen molar-refractivity contribution in [3.8, 4) is 5.75 Å². The summed E-state index contributed by atoms with van der Waals surface area (Å²) in [5.41, 5.74) is 2.31. The fourth-order valence-electron chi connectivity index (χ4n) is 3.63. The molecule has 2 heterocycles. The van der Waals surface area contributed by atoms with Gasteiger partial charge in [0.25, 0.3) is 5.91 Å². The molecule has 1 N–H and O–H groups in total. The van der Waals surface area contributed by atoms with Crippen LogP contribution >= 0.6 is 0 Å². The molecule has 1 aliphatic rings. The zero-order valence-corrected chi connectivity index (χ0v) is 16.3. The fourth-order valence-corrected chi connectivity index (χ4v) is 3.63. The van der Waals surface area contributed by atoms with E-state index in [2.05, 4.69) is 15.5 Å². The summed E-state index contributed by atoms with van der Waals surface area (Å²) >= 11 is 0. The van der Waals surface area contributed by atoms with Gasteiger partial charge in [-0.25, -0.2) is 9.36 Å². The number of hydrogen-bond acceptors (Lipinski definition) is 4. The largest absolute Gasteiger partial charge is 0.471 e. The number of ether oxygens (including phenoxy) is 1. The Labute approximate surface area is 164 Å². The highest BCUT2D eigenvalue weighted by molar-refractivity contribution is 6.02. The zero-order valence-electron chi connectivity index (χ0n) is 16.3. The Balaban J connectivity index is 1.42. The second-order valence-electron chi connectivity index (χ2n) is 7.29. The Kier molecular flexibility index (Phi) is 5.14. The number of carbonyl (C=O) groups is 1. The lowest BCUT2D eigenvalue weighted by atomic mass is 10.2. The third-order valence-corrected chi connectivity index (χ3v) is 5.09. The Morgan fingerprint density at radius 2 is 1.96 bits per heavy atom. The SMILES string of the molecule is Cc1cc(NC(=O)c2ccn(COc3ccccc3C)n2)n(C2CCCC2)n1. The number of para-hydroxylation sites is 1. The highest BCUT2D eigenvalue weighted by atomic mass is 16.5. The van der Waals surface area contributed by atoms with Crippen LogP contribution in [0.25, 0.3) is 0 Å². The van der Waals surface area contributed by atoms with E-state index in [4.69, 9.17) is 4.74 Å². The third-order valence-electron chi connectivity index (χ3n) is 5.09. The number of hydrogen-bond donors (Lipinski definition) is 1. The van der Waals surface area contributed by atoms with Crippen LogP contribution in [0.3, 0.4) is 0 Å². The molecule has 4 rings (SSSR count). The number of amides is 1. The minimum atomic E-state index is -0.242. The number of nitrogens with zero attached hydrogens (tertiary/aromatic N) is 4. The lowest BCUT2D eigenvalue weighted by molar-refractivity contribution is 0.101. The summed E-state index contributed by atoms with van der Waals surface area (Å²) in [6.07, 6.45) is 6.38. The molecule has 0 atom stereocenters. The summed E-state index contributed by atoms with van der Waals surface area (Å²) in [7, 11) is 0. The van der Waals surface area contributed by atoms with Gasteiger partial charge in [-0.3, -0.25) is 4.79 Å². The van der Waals surface area contributed by atoms with Gasteiger partial charge in [-0.2, -0.15) is 10.2 Å². The number of carbonyl (C=O) groups excluding carboxylic acids is 1. The highest BCUT2D eigenvalue weighted by Crippen LogP contribution is 2.31. The van der Waals surface area contributed by atoms with E-state index in [9.17, 15) is 4.79 Å². The number of aryl methyl sites for hydroxylation is 2. The van der Waals surface area contributed by atoms with Crippen LogP contribution in [0, 0.1) is 13.8 Å². The van der Waals surface area contributed by atoms with Crippen LogP contribution in [-0.2, 0) is 6.73 Å². The molecule has 146 valence electrons. The second kappa shape index (κ2) is 7.88. The summed E-state index contributed by atoms with van der Waals surface area (Å²) in [6.45, 7) is 4.18. The fraction of sp³-hybridized carbons (Fsp3) is 0.381. The summed E-state index contributed by atoms with van der Waals surface area (Å²) in [5, 5.41) is 11.9. The third kappa shape index (κ3) is 3.93. The normalized spacial score (nSPS) is 14.4. The van der Waals surface area contributed by atoms with Gasteiger partial charge >= 0.3 is 0 Å². The summed E-state index contributed by atoms with van der Waals surface area (Å²) in [5.74, 6) is 1.30. The molecule has 0 radical (unpaired) electrons. The van der Waals surface area contributed by atoms with E-state index >= 15 is 0 Å². The molecule has 3 aromatic rings. The van der Waals surface area contributed by atoms with Gasteiger partial charge in [-0.05, 0) is 44.4 Å². The van der Waals surface area contributed by atoms with Gasteiger partial charge in [-0.15, -0.1) is 0 Å². The van der Waals surface area contributed by atoms with Crippen molar-refractivity contribution >= 4 is 11.7 Å². The van der Waals surface area contributed by atoms with Gasteiger partial charge in [0.2, 0.25) is 0 Å². The van der Waals surface area contributed by atoms with Crippen LogP contribution < -0.4 is 10.1 Å². The number of rotatable bonds is 6. The van der Waals surface area contributed by atoms with Crippen molar-refractivity contribution in [1.29, 1.82) is 0 Å². The van der Waals surface area contributed by atoms with E-state index in [1.807, 2.05) is 48.9 Å². The van der Waals surface area contributed by atoms with E-state index in [1.165, 1.54) is 12.8 Å². The van der Waals surface area contributed by atoms with E-state index in [0.717, 1.165) is 35.7 Å². The molecule has 1 fully saturated rings. The Morgan fingerprint density at radius 1 is 1.18 bits per heavy atom. The molecule has 1 aromatic carbocycles. The standard InChI is InChI=1S/C21H25N5O2/c1-15-7-3-6-10-19(15)28-14-25-12-11-18(24-25)21(27)22-20-13-16(2)23-26(20)17-8-4-5-9-17/h3,6-7,10-13,17H,4-5,8-9,14H2,1-2H3,(H,22,27). The molecule has 0 unspecified atom stereocenters. The molecule has 2 aromatic heterocycles. The van der Waals surface area contributed by atoms with Crippen molar-refractivity contribution in [2.24, 2.45) is 0 Å². The number of aromatic nitrogens is 4. The summed E-state index contributed by atoms with van der Waals surface area (Å²) in [4.78, 5) is 12.7. The first-order valence-corrected chi connectivity index (χ1v) is 9.69. The maximum Gasteiger partial charge on any atom is 0.277 e. The minimum Gasteiger partial charge on any atom is -0.471 e. The summed E-state index contributed by atoms with van der Waals surface area (Å²) < 4.78 is 9.35. The van der Waals surface area contributed by atoms with E-state index in [1.54, 1.807) is 16.9 Å².